The van der Waals surface area contributed by atoms with Crippen LogP contribution in [0.4, 0.5) is 5.69 Å². The van der Waals surface area contributed by atoms with Gasteiger partial charge in [0.15, 0.2) is 0 Å². The molecule has 2 aromatic rings. The van der Waals surface area contributed by atoms with Gasteiger partial charge >= 0.3 is 0 Å². The molecule has 0 bridgehead atoms. The molecule has 0 amide bonds. The topological polar surface area (TPSA) is 58.2 Å². The molecule has 1 aromatic heterocycles. The molecule has 2 N–H and O–H groups in total. The van der Waals surface area contributed by atoms with E-state index in [1.165, 1.54) is 11.3 Å². The summed E-state index contributed by atoms with van der Waals surface area (Å²) in [5, 5.41) is 5.04. The summed E-state index contributed by atoms with van der Waals surface area (Å²) in [5.74, 6) is 0. The summed E-state index contributed by atoms with van der Waals surface area (Å²) in [6.45, 7) is 3.08. The van der Waals surface area contributed by atoms with Gasteiger partial charge in [-0.2, -0.15) is 0 Å². The van der Waals surface area contributed by atoms with Crippen molar-refractivity contribution in [3.8, 4) is 0 Å². The van der Waals surface area contributed by atoms with Gasteiger partial charge in [-0.15, -0.1) is 11.3 Å². The van der Waals surface area contributed by atoms with Crippen molar-refractivity contribution in [1.82, 2.24) is 4.72 Å². The van der Waals surface area contributed by atoms with Gasteiger partial charge in [0.25, 0.3) is 0 Å². The van der Waals surface area contributed by atoms with Gasteiger partial charge in [0, 0.05) is 28.1 Å². The Balaban J connectivity index is 2.08. The minimum absolute atomic E-state index is 0.270. The Labute approximate surface area is 131 Å². The van der Waals surface area contributed by atoms with E-state index in [0.717, 1.165) is 21.6 Å². The van der Waals surface area contributed by atoms with Crippen LogP contribution in [0.3, 0.4) is 0 Å². The quantitative estimate of drug-likeness (QED) is 0.814. The van der Waals surface area contributed by atoms with Crippen LogP contribution in [0.1, 0.15) is 11.8 Å². The Bertz CT molecular complexity index is 666. The number of rotatable bonds is 6. The van der Waals surface area contributed by atoms with Crippen LogP contribution in [0.2, 0.25) is 0 Å². The lowest BCUT2D eigenvalue weighted by atomic mass is 10.3. The highest BCUT2D eigenvalue weighted by atomic mass is 79.9. The smallest absolute Gasteiger partial charge is 0.240 e. The van der Waals surface area contributed by atoms with Crippen molar-refractivity contribution < 1.29 is 8.42 Å². The second kappa shape index (κ2) is 6.71. The first kappa shape index (κ1) is 15.5. The third kappa shape index (κ3) is 3.82. The first-order valence-corrected chi connectivity index (χ1v) is 9.24. The SMILES string of the molecule is CCNc1ccc(S(=O)(=O)NCc2sccc2Br)cc1. The normalized spacial score (nSPS) is 11.5. The molecule has 0 spiro atoms. The lowest BCUT2D eigenvalue weighted by Gasteiger charge is -2.08. The van der Waals surface area contributed by atoms with E-state index in [9.17, 15) is 8.42 Å². The van der Waals surface area contributed by atoms with Crippen LogP contribution in [-0.2, 0) is 16.6 Å². The van der Waals surface area contributed by atoms with Gasteiger partial charge in [0.1, 0.15) is 0 Å². The van der Waals surface area contributed by atoms with Crippen LogP contribution in [0.15, 0.2) is 45.1 Å². The zero-order valence-corrected chi connectivity index (χ0v) is 14.1. The molecule has 0 fully saturated rings. The van der Waals surface area contributed by atoms with Gasteiger partial charge in [-0.3, -0.25) is 0 Å². The maximum Gasteiger partial charge on any atom is 0.240 e. The highest BCUT2D eigenvalue weighted by Gasteiger charge is 2.14. The Morgan fingerprint density at radius 2 is 1.90 bits per heavy atom. The van der Waals surface area contributed by atoms with Crippen molar-refractivity contribution >= 4 is 43.0 Å². The Morgan fingerprint density at radius 3 is 2.45 bits per heavy atom. The van der Waals surface area contributed by atoms with E-state index in [4.69, 9.17) is 0 Å². The number of anilines is 1. The van der Waals surface area contributed by atoms with E-state index in [1.807, 2.05) is 18.4 Å². The van der Waals surface area contributed by atoms with E-state index in [1.54, 1.807) is 24.3 Å². The molecule has 108 valence electrons. The van der Waals surface area contributed by atoms with Crippen molar-refractivity contribution in [1.29, 1.82) is 0 Å². The fourth-order valence-corrected chi connectivity index (χ4v) is 4.17. The highest BCUT2D eigenvalue weighted by Crippen LogP contribution is 2.23. The maximum absolute atomic E-state index is 12.2. The molecule has 0 aliphatic carbocycles. The van der Waals surface area contributed by atoms with Gasteiger partial charge in [-0.05, 0) is 58.6 Å². The minimum atomic E-state index is -3.48. The van der Waals surface area contributed by atoms with Gasteiger partial charge in [0.2, 0.25) is 10.0 Å². The van der Waals surface area contributed by atoms with Crippen LogP contribution in [-0.4, -0.2) is 15.0 Å². The monoisotopic (exact) mass is 374 g/mol. The summed E-state index contributed by atoms with van der Waals surface area (Å²) in [6.07, 6.45) is 0. The van der Waals surface area contributed by atoms with Crippen molar-refractivity contribution in [2.75, 3.05) is 11.9 Å². The predicted molar refractivity (Wildman–Crippen MR) is 86.7 cm³/mol. The molecule has 0 saturated heterocycles. The Morgan fingerprint density at radius 1 is 1.20 bits per heavy atom. The third-order valence-electron chi connectivity index (χ3n) is 2.66. The molecule has 0 atom stereocenters. The van der Waals surface area contributed by atoms with E-state index < -0.39 is 10.0 Å². The lowest BCUT2D eigenvalue weighted by Crippen LogP contribution is -2.22. The van der Waals surface area contributed by atoms with Crippen molar-refractivity contribution in [2.45, 2.75) is 18.4 Å². The molecule has 1 heterocycles. The predicted octanol–water partition coefficient (Wildman–Crippen LogP) is 3.42. The number of benzene rings is 1. The second-order valence-electron chi connectivity index (χ2n) is 4.07. The zero-order valence-electron chi connectivity index (χ0n) is 10.9. The van der Waals surface area contributed by atoms with Crippen LogP contribution >= 0.6 is 27.3 Å². The third-order valence-corrected chi connectivity index (χ3v) is 6.00. The van der Waals surface area contributed by atoms with Crippen LogP contribution in [0, 0.1) is 0 Å². The van der Waals surface area contributed by atoms with Gasteiger partial charge < -0.3 is 5.32 Å². The molecule has 1 aromatic carbocycles. The minimum Gasteiger partial charge on any atom is -0.385 e. The Hall–Kier alpha value is -0.890. The summed E-state index contributed by atoms with van der Waals surface area (Å²) in [7, 11) is -3.48. The summed E-state index contributed by atoms with van der Waals surface area (Å²) >= 11 is 4.90. The number of sulfonamides is 1. The summed E-state index contributed by atoms with van der Waals surface area (Å²) < 4.78 is 27.9. The molecular weight excluding hydrogens is 360 g/mol. The summed E-state index contributed by atoms with van der Waals surface area (Å²) in [4.78, 5) is 1.23. The average Bonchev–Trinajstić information content (AvgIpc) is 2.83. The van der Waals surface area contributed by atoms with Gasteiger partial charge in [-0.1, -0.05) is 0 Å². The summed E-state index contributed by atoms with van der Waals surface area (Å²) in [5.41, 5.74) is 0.910. The largest absolute Gasteiger partial charge is 0.385 e. The van der Waals surface area contributed by atoms with Crippen LogP contribution < -0.4 is 10.0 Å². The first-order valence-electron chi connectivity index (χ1n) is 6.08. The number of thiophene rings is 1. The summed E-state index contributed by atoms with van der Waals surface area (Å²) in [6, 6.07) is 8.63. The fraction of sp³-hybridized carbons (Fsp3) is 0.231. The van der Waals surface area contributed by atoms with Gasteiger partial charge in [0.05, 0.1) is 4.90 Å². The first-order chi connectivity index (χ1) is 9.53. The Kier molecular flexibility index (Phi) is 5.20. The van der Waals surface area contributed by atoms with E-state index in [-0.39, 0.29) is 11.4 Å². The maximum atomic E-state index is 12.2. The number of halogens is 1. The van der Waals surface area contributed by atoms with Crippen molar-refractivity contribution in [3.63, 3.8) is 0 Å². The molecule has 0 saturated carbocycles. The number of hydrogen-bond acceptors (Lipinski definition) is 4. The molecule has 2 rings (SSSR count). The average molecular weight is 375 g/mol. The van der Waals surface area contributed by atoms with Crippen LogP contribution in [0.25, 0.3) is 0 Å². The second-order valence-corrected chi connectivity index (χ2v) is 7.69. The van der Waals surface area contributed by atoms with E-state index >= 15 is 0 Å². The molecule has 0 aliphatic rings. The highest BCUT2D eigenvalue weighted by molar-refractivity contribution is 9.10. The van der Waals surface area contributed by atoms with Gasteiger partial charge in [-0.25, -0.2) is 13.1 Å². The van der Waals surface area contributed by atoms with Crippen LogP contribution in [0.5, 0.6) is 0 Å². The number of nitrogens with one attached hydrogen (secondary N) is 2. The van der Waals surface area contributed by atoms with E-state index in [2.05, 4.69) is 26.0 Å². The zero-order chi connectivity index (χ0) is 14.6. The molecule has 0 aliphatic heterocycles. The standard InChI is InChI=1S/C13H15BrN2O2S2/c1-2-15-10-3-5-11(6-4-10)20(17,18)16-9-13-12(14)7-8-19-13/h3-8,15-16H,2,9H2,1H3. The molecule has 4 nitrogen and oxygen atoms in total. The molecule has 0 radical (unpaired) electrons. The molecule has 0 unspecified atom stereocenters. The fourth-order valence-electron chi connectivity index (χ4n) is 1.65. The molecular formula is C13H15BrN2O2S2. The molecule has 20 heavy (non-hydrogen) atoms. The van der Waals surface area contributed by atoms with Crippen molar-refractivity contribution in [2.24, 2.45) is 0 Å². The molecule has 7 heteroatoms. The van der Waals surface area contributed by atoms with E-state index in [0.29, 0.717) is 0 Å². The van der Waals surface area contributed by atoms with Crippen molar-refractivity contribution in [3.05, 3.63) is 45.1 Å². The lowest BCUT2D eigenvalue weighted by molar-refractivity contribution is 0.582. The number of hydrogen-bond donors (Lipinski definition) is 2.